The molecule has 2 nitrogen and oxygen atoms in total. The first-order valence-corrected chi connectivity index (χ1v) is 9.95. The summed E-state index contributed by atoms with van der Waals surface area (Å²) in [5.74, 6) is 0.555. The van der Waals surface area contributed by atoms with E-state index in [4.69, 9.17) is 11.6 Å². The quantitative estimate of drug-likeness (QED) is 0.592. The summed E-state index contributed by atoms with van der Waals surface area (Å²) in [7, 11) is 0. The van der Waals surface area contributed by atoms with Crippen LogP contribution in [0.5, 0.6) is 0 Å². The van der Waals surface area contributed by atoms with Crippen molar-refractivity contribution >= 4 is 50.5 Å². The molecular weight excluding hydrogens is 394 g/mol. The van der Waals surface area contributed by atoms with Crippen molar-refractivity contribution in [1.82, 2.24) is 0 Å². The van der Waals surface area contributed by atoms with E-state index in [0.29, 0.717) is 16.6 Å². The van der Waals surface area contributed by atoms with Crippen molar-refractivity contribution in [3.05, 3.63) is 49.1 Å². The van der Waals surface area contributed by atoms with Crippen molar-refractivity contribution in [3.63, 3.8) is 0 Å². The summed E-state index contributed by atoms with van der Waals surface area (Å²) < 4.78 is 0.843. The third kappa shape index (κ3) is 3.98. The number of hydrogen-bond donors (Lipinski definition) is 1. The van der Waals surface area contributed by atoms with E-state index in [1.165, 1.54) is 37.0 Å². The zero-order valence-electron chi connectivity index (χ0n) is 13.0. The van der Waals surface area contributed by atoms with Gasteiger partial charge < -0.3 is 5.32 Å². The van der Waals surface area contributed by atoms with Gasteiger partial charge in [-0.05, 0) is 65.4 Å². The number of benzene rings is 1. The van der Waals surface area contributed by atoms with Crippen LogP contribution in [0, 0.1) is 6.92 Å². The molecule has 1 aliphatic carbocycles. The van der Waals surface area contributed by atoms with Gasteiger partial charge in [-0.15, -0.1) is 11.3 Å². The summed E-state index contributed by atoms with van der Waals surface area (Å²) in [6, 6.07) is 5.76. The number of carbonyl (C=O) groups is 1. The molecule has 5 heteroatoms. The van der Waals surface area contributed by atoms with Gasteiger partial charge in [0.25, 0.3) is 5.91 Å². The number of amides is 1. The third-order valence-electron chi connectivity index (χ3n) is 4.39. The molecule has 0 saturated heterocycles. The van der Waals surface area contributed by atoms with Crippen molar-refractivity contribution in [2.24, 2.45) is 0 Å². The van der Waals surface area contributed by atoms with E-state index in [1.54, 1.807) is 17.4 Å². The standard InChI is InChI=1S/C18H19BrClNOS/c1-11-7-14(19)16(9-15(11)20)21-18(22)13-8-17(23-10-13)12-5-3-2-4-6-12/h7-10,12H,2-6H2,1H3,(H,21,22). The fourth-order valence-corrected chi connectivity index (χ4v) is 4.79. The molecule has 1 amide bonds. The molecule has 0 aliphatic heterocycles. The molecule has 1 aromatic carbocycles. The van der Waals surface area contributed by atoms with E-state index < -0.39 is 0 Å². The third-order valence-corrected chi connectivity index (χ3v) is 6.54. The second-order valence-corrected chi connectivity index (χ2v) is 8.31. The number of anilines is 1. The highest BCUT2D eigenvalue weighted by atomic mass is 79.9. The van der Waals surface area contributed by atoms with Gasteiger partial charge in [0.05, 0.1) is 11.3 Å². The summed E-state index contributed by atoms with van der Waals surface area (Å²) in [4.78, 5) is 13.8. The minimum absolute atomic E-state index is 0.0797. The minimum atomic E-state index is -0.0797. The molecule has 1 heterocycles. The SMILES string of the molecule is Cc1cc(Br)c(NC(=O)c2csc(C3CCCCC3)c2)cc1Cl. The molecule has 0 radical (unpaired) electrons. The largest absolute Gasteiger partial charge is 0.321 e. The first kappa shape index (κ1) is 17.0. The Balaban J connectivity index is 1.74. The zero-order chi connectivity index (χ0) is 16.4. The van der Waals surface area contributed by atoms with Gasteiger partial charge >= 0.3 is 0 Å². The first-order chi connectivity index (χ1) is 11.0. The highest BCUT2D eigenvalue weighted by Crippen LogP contribution is 2.36. The Morgan fingerprint density at radius 1 is 1.26 bits per heavy atom. The highest BCUT2D eigenvalue weighted by Gasteiger charge is 2.19. The Bertz CT molecular complexity index is 722. The van der Waals surface area contributed by atoms with E-state index in [1.807, 2.05) is 18.4 Å². The predicted octanol–water partition coefficient (Wildman–Crippen LogP) is 6.77. The van der Waals surface area contributed by atoms with Crippen LogP contribution in [-0.4, -0.2) is 5.91 Å². The van der Waals surface area contributed by atoms with Gasteiger partial charge in [-0.25, -0.2) is 0 Å². The second-order valence-electron chi connectivity index (χ2n) is 6.11. The molecule has 122 valence electrons. The number of aryl methyl sites for hydroxylation is 1. The highest BCUT2D eigenvalue weighted by molar-refractivity contribution is 9.10. The van der Waals surface area contributed by atoms with E-state index in [2.05, 4.69) is 27.3 Å². The van der Waals surface area contributed by atoms with Gasteiger partial charge in [0.1, 0.15) is 0 Å². The Kier molecular flexibility index (Phi) is 5.45. The average molecular weight is 413 g/mol. The number of carbonyl (C=O) groups excluding carboxylic acids is 1. The molecule has 1 aliphatic rings. The maximum Gasteiger partial charge on any atom is 0.256 e. The predicted molar refractivity (Wildman–Crippen MR) is 102 cm³/mol. The molecule has 1 aromatic heterocycles. The van der Waals surface area contributed by atoms with Gasteiger partial charge in [-0.2, -0.15) is 0 Å². The molecule has 1 N–H and O–H groups in total. The maximum atomic E-state index is 12.5. The summed E-state index contributed by atoms with van der Waals surface area (Å²) in [5, 5.41) is 5.56. The molecule has 2 aromatic rings. The van der Waals surface area contributed by atoms with Gasteiger partial charge in [0.2, 0.25) is 0 Å². The molecule has 3 rings (SSSR count). The lowest BCUT2D eigenvalue weighted by Gasteiger charge is -2.19. The molecular formula is C18H19BrClNOS. The van der Waals surface area contributed by atoms with Crippen LogP contribution in [-0.2, 0) is 0 Å². The van der Waals surface area contributed by atoms with Crippen LogP contribution in [0.1, 0.15) is 58.8 Å². The number of nitrogens with one attached hydrogen (secondary N) is 1. The fourth-order valence-electron chi connectivity index (χ4n) is 3.01. The van der Waals surface area contributed by atoms with Crippen molar-refractivity contribution < 1.29 is 4.79 Å². The number of hydrogen-bond acceptors (Lipinski definition) is 2. The van der Waals surface area contributed by atoms with Crippen molar-refractivity contribution in [1.29, 1.82) is 0 Å². The van der Waals surface area contributed by atoms with Gasteiger partial charge in [0, 0.05) is 19.8 Å². The average Bonchev–Trinajstić information content (AvgIpc) is 3.03. The first-order valence-electron chi connectivity index (χ1n) is 7.90. The number of thiophene rings is 1. The van der Waals surface area contributed by atoms with Gasteiger partial charge in [-0.1, -0.05) is 30.9 Å². The normalized spacial score (nSPS) is 15.6. The van der Waals surface area contributed by atoms with E-state index in [0.717, 1.165) is 15.6 Å². The van der Waals surface area contributed by atoms with E-state index in [9.17, 15) is 4.79 Å². The summed E-state index contributed by atoms with van der Waals surface area (Å²) in [6.07, 6.45) is 6.45. The van der Waals surface area contributed by atoms with Crippen LogP contribution >= 0.6 is 38.9 Å². The maximum absolute atomic E-state index is 12.5. The van der Waals surface area contributed by atoms with Gasteiger partial charge in [-0.3, -0.25) is 4.79 Å². The lowest BCUT2D eigenvalue weighted by Crippen LogP contribution is -2.11. The lowest BCUT2D eigenvalue weighted by atomic mass is 9.88. The van der Waals surface area contributed by atoms with Gasteiger partial charge in [0.15, 0.2) is 0 Å². The van der Waals surface area contributed by atoms with Crippen molar-refractivity contribution in [3.8, 4) is 0 Å². The summed E-state index contributed by atoms with van der Waals surface area (Å²) >= 11 is 11.3. The fraction of sp³-hybridized carbons (Fsp3) is 0.389. The van der Waals surface area contributed by atoms with Crippen molar-refractivity contribution in [2.45, 2.75) is 44.9 Å². The van der Waals surface area contributed by atoms with Crippen LogP contribution < -0.4 is 5.32 Å². The van der Waals surface area contributed by atoms with E-state index in [-0.39, 0.29) is 5.91 Å². The molecule has 1 saturated carbocycles. The Labute approximate surface area is 154 Å². The molecule has 1 fully saturated rings. The van der Waals surface area contributed by atoms with Crippen LogP contribution in [0.4, 0.5) is 5.69 Å². The number of halogens is 2. The summed E-state index contributed by atoms with van der Waals surface area (Å²) in [5.41, 5.74) is 2.42. The molecule has 0 spiro atoms. The Morgan fingerprint density at radius 2 is 2.00 bits per heavy atom. The Morgan fingerprint density at radius 3 is 2.74 bits per heavy atom. The topological polar surface area (TPSA) is 29.1 Å². The monoisotopic (exact) mass is 411 g/mol. The minimum Gasteiger partial charge on any atom is -0.321 e. The van der Waals surface area contributed by atoms with Crippen LogP contribution in [0.15, 0.2) is 28.1 Å². The zero-order valence-corrected chi connectivity index (χ0v) is 16.2. The molecule has 0 unspecified atom stereocenters. The summed E-state index contributed by atoms with van der Waals surface area (Å²) in [6.45, 7) is 1.94. The molecule has 23 heavy (non-hydrogen) atoms. The van der Waals surface area contributed by atoms with Crippen LogP contribution in [0.3, 0.4) is 0 Å². The van der Waals surface area contributed by atoms with Crippen LogP contribution in [0.2, 0.25) is 5.02 Å². The smallest absolute Gasteiger partial charge is 0.256 e. The lowest BCUT2D eigenvalue weighted by molar-refractivity contribution is 0.102. The van der Waals surface area contributed by atoms with Crippen LogP contribution in [0.25, 0.3) is 0 Å². The van der Waals surface area contributed by atoms with E-state index >= 15 is 0 Å². The Hall–Kier alpha value is -0.840. The van der Waals surface area contributed by atoms with Crippen molar-refractivity contribution in [2.75, 3.05) is 5.32 Å². The molecule has 0 atom stereocenters. The second kappa shape index (κ2) is 7.37. The molecule has 0 bridgehead atoms. The number of rotatable bonds is 3.